The smallest absolute Gasteiger partial charge is 0.268 e. The maximum absolute atomic E-state index is 11.6. The van der Waals surface area contributed by atoms with E-state index < -0.39 is 0 Å². The van der Waals surface area contributed by atoms with Crippen molar-refractivity contribution in [1.82, 2.24) is 15.6 Å². The number of furan rings is 1. The van der Waals surface area contributed by atoms with Gasteiger partial charge in [-0.3, -0.25) is 15.1 Å². The van der Waals surface area contributed by atoms with Gasteiger partial charge in [0.05, 0.1) is 12.1 Å². The molecule has 6 heteroatoms. The molecule has 1 aromatic rings. The molecule has 0 aromatic carbocycles. The van der Waals surface area contributed by atoms with E-state index in [9.17, 15) is 4.79 Å². The normalized spacial score (nSPS) is 16.6. The Morgan fingerprint density at radius 3 is 2.85 bits per heavy atom. The van der Waals surface area contributed by atoms with E-state index >= 15 is 0 Å². The molecular formula is C14H24N4O2. The third-order valence-corrected chi connectivity index (χ3v) is 3.93. The number of nitrogens with one attached hydrogen (secondary N) is 2. The zero-order valence-electron chi connectivity index (χ0n) is 12.2. The lowest BCUT2D eigenvalue weighted by Gasteiger charge is -2.33. The second-order valence-electron chi connectivity index (χ2n) is 5.20. The Morgan fingerprint density at radius 1 is 1.55 bits per heavy atom. The zero-order chi connectivity index (χ0) is 14.5. The first-order valence-corrected chi connectivity index (χ1v) is 7.20. The number of hydrogen-bond acceptors (Lipinski definition) is 5. The number of carbonyl (C=O) groups excluding carboxylic acids is 1. The molecule has 1 fully saturated rings. The number of aryl methyl sites for hydroxylation is 1. The summed E-state index contributed by atoms with van der Waals surface area (Å²) >= 11 is 0. The van der Waals surface area contributed by atoms with Crippen molar-refractivity contribution in [3.8, 4) is 0 Å². The van der Waals surface area contributed by atoms with Crippen LogP contribution in [0.15, 0.2) is 10.5 Å². The minimum atomic E-state index is -0.303. The van der Waals surface area contributed by atoms with Crippen LogP contribution in [0.25, 0.3) is 0 Å². The Morgan fingerprint density at radius 2 is 2.25 bits per heavy atom. The number of hydrogen-bond donors (Lipinski definition) is 3. The monoisotopic (exact) mass is 280 g/mol. The van der Waals surface area contributed by atoms with Gasteiger partial charge in [-0.1, -0.05) is 6.92 Å². The number of amides is 1. The molecule has 1 aliphatic heterocycles. The predicted octanol–water partition coefficient (Wildman–Crippen LogP) is 0.765. The molecule has 1 aliphatic rings. The quantitative estimate of drug-likeness (QED) is 0.421. The Hall–Kier alpha value is -1.37. The Bertz CT molecular complexity index is 452. The zero-order valence-corrected chi connectivity index (χ0v) is 12.2. The van der Waals surface area contributed by atoms with Gasteiger partial charge in [0.1, 0.15) is 11.5 Å². The Kier molecular flexibility index (Phi) is 5.17. The summed E-state index contributed by atoms with van der Waals surface area (Å²) < 4.78 is 5.69. The SMILES string of the molecule is CCN(Cc1cc(C(=O)NN)c(C)o1)C1CCNCC1. The molecular weight excluding hydrogens is 256 g/mol. The second kappa shape index (κ2) is 6.88. The van der Waals surface area contributed by atoms with Gasteiger partial charge in [0.15, 0.2) is 0 Å². The van der Waals surface area contributed by atoms with Crippen molar-refractivity contribution in [3.63, 3.8) is 0 Å². The van der Waals surface area contributed by atoms with Crippen molar-refractivity contribution in [3.05, 3.63) is 23.2 Å². The van der Waals surface area contributed by atoms with Crippen LogP contribution in [0.5, 0.6) is 0 Å². The fourth-order valence-corrected chi connectivity index (χ4v) is 2.80. The van der Waals surface area contributed by atoms with Crippen molar-refractivity contribution >= 4 is 5.91 Å². The van der Waals surface area contributed by atoms with Crippen LogP contribution in [-0.4, -0.2) is 36.5 Å². The van der Waals surface area contributed by atoms with Crippen LogP contribution in [0.3, 0.4) is 0 Å². The van der Waals surface area contributed by atoms with Crippen LogP contribution >= 0.6 is 0 Å². The first-order valence-electron chi connectivity index (χ1n) is 7.20. The third-order valence-electron chi connectivity index (χ3n) is 3.93. The number of hydrazine groups is 1. The number of nitrogen functional groups attached to an aromatic ring is 1. The van der Waals surface area contributed by atoms with Crippen LogP contribution in [-0.2, 0) is 6.54 Å². The average molecular weight is 280 g/mol. The summed E-state index contributed by atoms with van der Waals surface area (Å²) in [5, 5.41) is 3.38. The predicted molar refractivity (Wildman–Crippen MR) is 77.1 cm³/mol. The van der Waals surface area contributed by atoms with Crippen molar-refractivity contribution in [2.24, 2.45) is 5.84 Å². The molecule has 0 bridgehead atoms. The molecule has 2 heterocycles. The highest BCUT2D eigenvalue weighted by Gasteiger charge is 2.22. The molecule has 1 aromatic heterocycles. The average Bonchev–Trinajstić information content (AvgIpc) is 2.85. The van der Waals surface area contributed by atoms with Crippen molar-refractivity contribution in [2.75, 3.05) is 19.6 Å². The van der Waals surface area contributed by atoms with Gasteiger partial charge in [-0.05, 0) is 45.5 Å². The summed E-state index contributed by atoms with van der Waals surface area (Å²) in [7, 11) is 0. The molecule has 1 saturated heterocycles. The van der Waals surface area contributed by atoms with Crippen LogP contribution in [0.2, 0.25) is 0 Å². The number of carbonyl (C=O) groups is 1. The first kappa shape index (κ1) is 15.0. The molecule has 1 amide bonds. The lowest BCUT2D eigenvalue weighted by Crippen LogP contribution is -2.42. The van der Waals surface area contributed by atoms with E-state index in [4.69, 9.17) is 10.3 Å². The number of nitrogens with zero attached hydrogens (tertiary/aromatic N) is 1. The van der Waals surface area contributed by atoms with Crippen molar-refractivity contribution in [1.29, 1.82) is 0 Å². The van der Waals surface area contributed by atoms with Crippen molar-refractivity contribution in [2.45, 2.75) is 39.3 Å². The third kappa shape index (κ3) is 3.39. The topological polar surface area (TPSA) is 83.5 Å². The van der Waals surface area contributed by atoms with E-state index in [0.717, 1.165) is 44.8 Å². The van der Waals surface area contributed by atoms with Crippen LogP contribution in [0, 0.1) is 6.92 Å². The minimum Gasteiger partial charge on any atom is -0.464 e. The fraction of sp³-hybridized carbons (Fsp3) is 0.643. The molecule has 2 rings (SSSR count). The van der Waals surface area contributed by atoms with Crippen LogP contribution in [0.1, 0.15) is 41.6 Å². The van der Waals surface area contributed by atoms with Gasteiger partial charge < -0.3 is 9.73 Å². The van der Waals surface area contributed by atoms with Gasteiger partial charge in [0.2, 0.25) is 0 Å². The summed E-state index contributed by atoms with van der Waals surface area (Å²) in [6.07, 6.45) is 2.31. The first-order chi connectivity index (χ1) is 9.65. The van der Waals surface area contributed by atoms with Crippen LogP contribution < -0.4 is 16.6 Å². The second-order valence-corrected chi connectivity index (χ2v) is 5.20. The van der Waals surface area contributed by atoms with Gasteiger partial charge in [0, 0.05) is 6.04 Å². The molecule has 0 aliphatic carbocycles. The maximum Gasteiger partial charge on any atom is 0.268 e. The highest BCUT2D eigenvalue weighted by Crippen LogP contribution is 2.19. The molecule has 0 radical (unpaired) electrons. The van der Waals surface area contributed by atoms with Crippen molar-refractivity contribution < 1.29 is 9.21 Å². The highest BCUT2D eigenvalue weighted by atomic mass is 16.3. The minimum absolute atomic E-state index is 0.303. The van der Waals surface area contributed by atoms with E-state index in [2.05, 4.69) is 22.6 Å². The molecule has 6 nitrogen and oxygen atoms in total. The highest BCUT2D eigenvalue weighted by molar-refractivity contribution is 5.94. The summed E-state index contributed by atoms with van der Waals surface area (Å²) in [5.74, 6) is 6.30. The summed E-state index contributed by atoms with van der Waals surface area (Å²) in [5.41, 5.74) is 2.66. The molecule has 112 valence electrons. The standard InChI is InChI=1S/C14H24N4O2/c1-3-18(11-4-6-16-7-5-11)9-12-8-13(10(2)20-12)14(19)17-15/h8,11,16H,3-7,9,15H2,1-2H3,(H,17,19). The molecule has 0 saturated carbocycles. The van der Waals surface area contributed by atoms with E-state index in [0.29, 0.717) is 17.4 Å². The van der Waals surface area contributed by atoms with E-state index in [1.807, 2.05) is 0 Å². The molecule has 20 heavy (non-hydrogen) atoms. The largest absolute Gasteiger partial charge is 0.464 e. The summed E-state index contributed by atoms with van der Waals surface area (Å²) in [6.45, 7) is 7.79. The molecule has 0 spiro atoms. The van der Waals surface area contributed by atoms with Gasteiger partial charge in [0.25, 0.3) is 5.91 Å². The summed E-state index contributed by atoms with van der Waals surface area (Å²) in [6, 6.07) is 2.37. The van der Waals surface area contributed by atoms with Gasteiger partial charge >= 0.3 is 0 Å². The molecule has 4 N–H and O–H groups in total. The number of rotatable bonds is 5. The molecule has 0 unspecified atom stereocenters. The van der Waals surface area contributed by atoms with E-state index in [-0.39, 0.29) is 5.91 Å². The lowest BCUT2D eigenvalue weighted by molar-refractivity contribution is 0.0952. The maximum atomic E-state index is 11.6. The Labute approximate surface area is 119 Å². The van der Waals surface area contributed by atoms with E-state index in [1.165, 1.54) is 0 Å². The fourth-order valence-electron chi connectivity index (χ4n) is 2.80. The van der Waals surface area contributed by atoms with Crippen LogP contribution in [0.4, 0.5) is 0 Å². The van der Waals surface area contributed by atoms with Gasteiger partial charge in [-0.25, -0.2) is 5.84 Å². The Balaban J connectivity index is 2.05. The lowest BCUT2D eigenvalue weighted by atomic mass is 10.0. The van der Waals surface area contributed by atoms with Gasteiger partial charge in [-0.2, -0.15) is 0 Å². The number of piperidine rings is 1. The molecule has 0 atom stereocenters. The summed E-state index contributed by atoms with van der Waals surface area (Å²) in [4.78, 5) is 14.0. The number of nitrogens with two attached hydrogens (primary N) is 1. The van der Waals surface area contributed by atoms with E-state index in [1.54, 1.807) is 13.0 Å². The van der Waals surface area contributed by atoms with Gasteiger partial charge in [-0.15, -0.1) is 0 Å².